The van der Waals surface area contributed by atoms with Gasteiger partial charge in [0.1, 0.15) is 0 Å². The van der Waals surface area contributed by atoms with Gasteiger partial charge in [-0.05, 0) is 12.5 Å². The Morgan fingerprint density at radius 2 is 2.00 bits per heavy atom. The van der Waals surface area contributed by atoms with E-state index in [0.29, 0.717) is 5.88 Å². The monoisotopic (exact) mass is 266 g/mol. The molecule has 0 amide bonds. The Bertz CT molecular complexity index is 300. The molecule has 2 rings (SSSR count). The zero-order valence-corrected chi connectivity index (χ0v) is 12.2. The summed E-state index contributed by atoms with van der Waals surface area (Å²) in [4.78, 5) is 6.52. The summed E-state index contributed by atoms with van der Waals surface area (Å²) in [5, 5.41) is 0. The lowest BCUT2D eigenvalue weighted by Crippen LogP contribution is -2.37. The highest BCUT2D eigenvalue weighted by atomic mass is 16.5. The Hall–Kier alpha value is -1.13. The van der Waals surface area contributed by atoms with Crippen LogP contribution in [-0.2, 0) is 4.74 Å². The largest absolute Gasteiger partial charge is 0.478 e. The number of hydrogen-bond acceptors (Lipinski definition) is 4. The van der Waals surface area contributed by atoms with E-state index in [1.165, 1.54) is 6.42 Å². The molecule has 1 fully saturated rings. The van der Waals surface area contributed by atoms with Gasteiger partial charge in [-0.3, -0.25) is 4.90 Å². The topological polar surface area (TPSA) is 34.6 Å². The van der Waals surface area contributed by atoms with Gasteiger partial charge in [-0.1, -0.05) is 26.3 Å². The zero-order chi connectivity index (χ0) is 13.8. The number of pyridine rings is 1. The third-order valence-corrected chi connectivity index (χ3v) is 2.61. The quantitative estimate of drug-likeness (QED) is 0.767. The van der Waals surface area contributed by atoms with E-state index in [-0.39, 0.29) is 0 Å². The van der Waals surface area contributed by atoms with Crippen molar-refractivity contribution < 1.29 is 9.47 Å². The van der Waals surface area contributed by atoms with E-state index in [2.05, 4.69) is 23.7 Å². The Labute approximate surface area is 116 Å². The van der Waals surface area contributed by atoms with Gasteiger partial charge in [0.05, 0.1) is 19.8 Å². The second kappa shape index (κ2) is 10.8. The molecule has 1 aliphatic rings. The van der Waals surface area contributed by atoms with Gasteiger partial charge in [-0.15, -0.1) is 0 Å². The molecule has 0 spiro atoms. The second-order valence-corrected chi connectivity index (χ2v) is 4.53. The molecule has 1 saturated heterocycles. The minimum absolute atomic E-state index is 0.712. The first-order valence-electron chi connectivity index (χ1n) is 7.20. The first kappa shape index (κ1) is 15.9. The van der Waals surface area contributed by atoms with Crippen LogP contribution in [0.25, 0.3) is 0 Å². The summed E-state index contributed by atoms with van der Waals surface area (Å²) in [7, 11) is 0. The van der Waals surface area contributed by atoms with Crippen LogP contribution in [0.2, 0.25) is 0 Å². The van der Waals surface area contributed by atoms with Crippen molar-refractivity contribution in [1.82, 2.24) is 9.88 Å². The van der Waals surface area contributed by atoms with Crippen LogP contribution in [0.3, 0.4) is 0 Å². The SMILES string of the molecule is CCC.c1ccc(OCCCN2CCOCC2)nc1. The van der Waals surface area contributed by atoms with Gasteiger partial charge >= 0.3 is 0 Å². The lowest BCUT2D eigenvalue weighted by molar-refractivity contribution is 0.0357. The predicted octanol–water partition coefficient (Wildman–Crippen LogP) is 2.60. The molecule has 0 aromatic carbocycles. The third-order valence-electron chi connectivity index (χ3n) is 2.61. The lowest BCUT2D eigenvalue weighted by atomic mass is 10.3. The minimum Gasteiger partial charge on any atom is -0.478 e. The van der Waals surface area contributed by atoms with Crippen molar-refractivity contribution >= 4 is 0 Å². The minimum atomic E-state index is 0.712. The first-order valence-corrected chi connectivity index (χ1v) is 7.20. The molecule has 0 N–H and O–H groups in total. The number of ether oxygens (including phenoxy) is 2. The average molecular weight is 266 g/mol. The number of morpholine rings is 1. The van der Waals surface area contributed by atoms with Gasteiger partial charge in [0, 0.05) is 31.9 Å². The van der Waals surface area contributed by atoms with E-state index >= 15 is 0 Å². The maximum Gasteiger partial charge on any atom is 0.213 e. The first-order chi connectivity index (χ1) is 9.36. The molecule has 0 aliphatic carbocycles. The van der Waals surface area contributed by atoms with Crippen LogP contribution >= 0.6 is 0 Å². The highest BCUT2D eigenvalue weighted by molar-refractivity contribution is 5.08. The lowest BCUT2D eigenvalue weighted by Gasteiger charge is -2.26. The van der Waals surface area contributed by atoms with Crippen LogP contribution in [0.4, 0.5) is 0 Å². The van der Waals surface area contributed by atoms with Crippen molar-refractivity contribution in [3.8, 4) is 5.88 Å². The summed E-state index contributed by atoms with van der Waals surface area (Å²) in [6.07, 6.45) is 4.04. The molecule has 108 valence electrons. The molecule has 1 aliphatic heterocycles. The molecule has 4 heteroatoms. The number of nitrogens with zero attached hydrogens (tertiary/aromatic N) is 2. The summed E-state index contributed by atoms with van der Waals surface area (Å²) >= 11 is 0. The summed E-state index contributed by atoms with van der Waals surface area (Å²) in [6, 6.07) is 5.71. The highest BCUT2D eigenvalue weighted by Gasteiger charge is 2.09. The molecular formula is C15H26N2O2. The number of rotatable bonds is 5. The van der Waals surface area contributed by atoms with E-state index in [1.807, 2.05) is 18.2 Å². The molecule has 19 heavy (non-hydrogen) atoms. The van der Waals surface area contributed by atoms with Crippen molar-refractivity contribution in [3.63, 3.8) is 0 Å². The number of hydrogen-bond donors (Lipinski definition) is 0. The van der Waals surface area contributed by atoms with E-state index in [1.54, 1.807) is 6.20 Å². The van der Waals surface area contributed by atoms with Gasteiger partial charge in [-0.2, -0.15) is 0 Å². The van der Waals surface area contributed by atoms with Crippen LogP contribution in [-0.4, -0.2) is 49.3 Å². The van der Waals surface area contributed by atoms with Crippen LogP contribution in [0.15, 0.2) is 24.4 Å². The summed E-state index contributed by atoms with van der Waals surface area (Å²) in [6.45, 7) is 9.87. The van der Waals surface area contributed by atoms with Gasteiger partial charge in [0.2, 0.25) is 5.88 Å². The van der Waals surface area contributed by atoms with Crippen molar-refractivity contribution in [2.24, 2.45) is 0 Å². The van der Waals surface area contributed by atoms with E-state index in [9.17, 15) is 0 Å². The molecule has 0 radical (unpaired) electrons. The molecule has 0 bridgehead atoms. The fraction of sp³-hybridized carbons (Fsp3) is 0.667. The van der Waals surface area contributed by atoms with Crippen molar-refractivity contribution in [1.29, 1.82) is 0 Å². The van der Waals surface area contributed by atoms with Gasteiger partial charge in [-0.25, -0.2) is 4.98 Å². The van der Waals surface area contributed by atoms with Crippen LogP contribution in [0.5, 0.6) is 5.88 Å². The fourth-order valence-electron chi connectivity index (χ4n) is 1.72. The van der Waals surface area contributed by atoms with Gasteiger partial charge in [0.25, 0.3) is 0 Å². The molecule has 0 unspecified atom stereocenters. The molecule has 2 heterocycles. The molecular weight excluding hydrogens is 240 g/mol. The summed E-state index contributed by atoms with van der Waals surface area (Å²) in [5.74, 6) is 0.712. The van der Waals surface area contributed by atoms with Crippen molar-refractivity contribution in [3.05, 3.63) is 24.4 Å². The Morgan fingerprint density at radius 1 is 1.26 bits per heavy atom. The fourth-order valence-corrected chi connectivity index (χ4v) is 1.72. The summed E-state index contributed by atoms with van der Waals surface area (Å²) in [5.41, 5.74) is 0. The van der Waals surface area contributed by atoms with E-state index in [0.717, 1.165) is 45.9 Å². The van der Waals surface area contributed by atoms with Crippen LogP contribution < -0.4 is 4.74 Å². The summed E-state index contributed by atoms with van der Waals surface area (Å²) < 4.78 is 10.8. The second-order valence-electron chi connectivity index (χ2n) is 4.53. The van der Waals surface area contributed by atoms with Crippen LogP contribution in [0.1, 0.15) is 26.7 Å². The average Bonchev–Trinajstić information content (AvgIpc) is 2.47. The van der Waals surface area contributed by atoms with Gasteiger partial charge < -0.3 is 9.47 Å². The smallest absolute Gasteiger partial charge is 0.213 e. The maximum atomic E-state index is 5.53. The van der Waals surface area contributed by atoms with E-state index < -0.39 is 0 Å². The van der Waals surface area contributed by atoms with Crippen LogP contribution in [0, 0.1) is 0 Å². The number of aromatic nitrogens is 1. The maximum absolute atomic E-state index is 5.53. The molecule has 0 saturated carbocycles. The Kier molecular flexibility index (Phi) is 9.02. The molecule has 1 aromatic rings. The Balaban J connectivity index is 0.000000550. The molecule has 1 aromatic heterocycles. The normalized spacial score (nSPS) is 15.5. The standard InChI is InChI=1S/C12H18N2O2.C3H8/c1-2-5-13-12(4-1)16-9-3-6-14-7-10-15-11-8-14;1-3-2/h1-2,4-5H,3,6-11H2;3H2,1-2H3. The molecule has 0 atom stereocenters. The highest BCUT2D eigenvalue weighted by Crippen LogP contribution is 2.04. The Morgan fingerprint density at radius 3 is 2.63 bits per heavy atom. The predicted molar refractivity (Wildman–Crippen MR) is 77.6 cm³/mol. The van der Waals surface area contributed by atoms with Gasteiger partial charge in [0.15, 0.2) is 0 Å². The van der Waals surface area contributed by atoms with Crippen molar-refractivity contribution in [2.75, 3.05) is 39.5 Å². The van der Waals surface area contributed by atoms with E-state index in [4.69, 9.17) is 9.47 Å². The zero-order valence-electron chi connectivity index (χ0n) is 12.2. The van der Waals surface area contributed by atoms with Crippen molar-refractivity contribution in [2.45, 2.75) is 26.7 Å². The molecule has 4 nitrogen and oxygen atoms in total. The third kappa shape index (κ3) is 7.80.